The minimum absolute atomic E-state index is 0.0945. The van der Waals surface area contributed by atoms with Crippen LogP contribution in [0.3, 0.4) is 0 Å². The molecule has 25 heavy (non-hydrogen) atoms. The van der Waals surface area contributed by atoms with Crippen molar-refractivity contribution in [1.29, 1.82) is 0 Å². The van der Waals surface area contributed by atoms with Gasteiger partial charge in [0, 0.05) is 6.04 Å². The summed E-state index contributed by atoms with van der Waals surface area (Å²) in [6, 6.07) is 14.5. The summed E-state index contributed by atoms with van der Waals surface area (Å²) in [6.45, 7) is 8.23. The van der Waals surface area contributed by atoms with Crippen molar-refractivity contribution in [2.24, 2.45) is 5.84 Å². The van der Waals surface area contributed by atoms with Crippen molar-refractivity contribution in [2.75, 3.05) is 0 Å². The molecule has 4 heteroatoms. The summed E-state index contributed by atoms with van der Waals surface area (Å²) < 4.78 is 0. The summed E-state index contributed by atoms with van der Waals surface area (Å²) in [7, 11) is 0. The molecule has 2 rings (SSSR count). The zero-order valence-electron chi connectivity index (χ0n) is 15.4. The Morgan fingerprint density at radius 2 is 1.72 bits per heavy atom. The molecule has 0 saturated heterocycles. The van der Waals surface area contributed by atoms with Gasteiger partial charge in [-0.1, -0.05) is 48.0 Å². The van der Waals surface area contributed by atoms with Gasteiger partial charge in [0.05, 0.1) is 0 Å². The van der Waals surface area contributed by atoms with E-state index in [0.29, 0.717) is 5.70 Å². The predicted octanol–water partition coefficient (Wildman–Crippen LogP) is 3.16. The normalized spacial score (nSPS) is 12.6. The number of carbonyl (C=O) groups excluding carboxylic acids is 1. The summed E-state index contributed by atoms with van der Waals surface area (Å²) in [5.74, 6) is 5.05. The molecule has 2 aromatic carbocycles. The van der Waals surface area contributed by atoms with Crippen LogP contribution in [0.1, 0.15) is 34.7 Å². The summed E-state index contributed by atoms with van der Waals surface area (Å²) in [4.78, 5) is 12.2. The van der Waals surface area contributed by atoms with Crippen molar-refractivity contribution in [3.8, 4) is 0 Å². The van der Waals surface area contributed by atoms with Crippen molar-refractivity contribution in [2.45, 2.75) is 40.2 Å². The van der Waals surface area contributed by atoms with Crippen molar-refractivity contribution < 1.29 is 4.79 Å². The zero-order chi connectivity index (χ0) is 18.4. The molecule has 0 fully saturated rings. The van der Waals surface area contributed by atoms with E-state index in [9.17, 15) is 4.79 Å². The van der Waals surface area contributed by atoms with Gasteiger partial charge in [0.15, 0.2) is 0 Å². The molecule has 0 radical (unpaired) electrons. The van der Waals surface area contributed by atoms with Gasteiger partial charge in [0.1, 0.15) is 5.70 Å². The Hall–Kier alpha value is -2.59. The molecule has 4 nitrogen and oxygen atoms in total. The molecule has 0 aromatic heterocycles. The first-order valence-electron chi connectivity index (χ1n) is 8.51. The van der Waals surface area contributed by atoms with Crippen LogP contribution in [0.4, 0.5) is 0 Å². The molecule has 0 spiro atoms. The van der Waals surface area contributed by atoms with Crippen LogP contribution in [0.5, 0.6) is 0 Å². The lowest BCUT2D eigenvalue weighted by molar-refractivity contribution is -0.117. The van der Waals surface area contributed by atoms with E-state index in [1.807, 2.05) is 24.3 Å². The average molecular weight is 337 g/mol. The molecule has 0 aliphatic heterocycles. The highest BCUT2D eigenvalue weighted by atomic mass is 16.2. The van der Waals surface area contributed by atoms with Gasteiger partial charge in [-0.3, -0.25) is 10.2 Å². The highest BCUT2D eigenvalue weighted by Gasteiger charge is 2.13. The summed E-state index contributed by atoms with van der Waals surface area (Å²) in [6.07, 6.45) is 2.70. The number of hydrogen-bond donors (Lipinski definition) is 3. The second-order valence-corrected chi connectivity index (χ2v) is 6.58. The monoisotopic (exact) mass is 337 g/mol. The Bertz CT molecular complexity index is 743. The van der Waals surface area contributed by atoms with E-state index < -0.39 is 0 Å². The fraction of sp³-hybridized carbons (Fsp3) is 0.286. The molecule has 132 valence electrons. The molecule has 1 amide bonds. The van der Waals surface area contributed by atoms with Crippen molar-refractivity contribution in [3.05, 3.63) is 76.0 Å². The van der Waals surface area contributed by atoms with Crippen molar-refractivity contribution >= 4 is 12.0 Å². The van der Waals surface area contributed by atoms with Crippen LogP contribution in [0, 0.1) is 20.8 Å². The number of nitrogens with one attached hydrogen (secondary N) is 2. The van der Waals surface area contributed by atoms with E-state index in [1.165, 1.54) is 11.1 Å². The number of hydrazine groups is 1. The Morgan fingerprint density at radius 3 is 2.28 bits per heavy atom. The first-order valence-corrected chi connectivity index (χ1v) is 8.51. The van der Waals surface area contributed by atoms with E-state index >= 15 is 0 Å². The van der Waals surface area contributed by atoms with Crippen LogP contribution >= 0.6 is 0 Å². The highest BCUT2D eigenvalue weighted by molar-refractivity contribution is 5.97. The van der Waals surface area contributed by atoms with Gasteiger partial charge in [-0.25, -0.2) is 5.84 Å². The average Bonchev–Trinajstić information content (AvgIpc) is 2.57. The molecule has 4 N–H and O–H groups in total. The summed E-state index contributed by atoms with van der Waals surface area (Å²) in [5, 5.41) is 3.30. The number of nitrogens with two attached hydrogens (primary N) is 1. The van der Waals surface area contributed by atoms with Crippen molar-refractivity contribution in [1.82, 2.24) is 10.7 Å². The summed E-state index contributed by atoms with van der Waals surface area (Å²) in [5.41, 5.74) is 8.46. The Balaban J connectivity index is 2.26. The Morgan fingerprint density at radius 1 is 1.12 bits per heavy atom. The SMILES string of the molecule is Cc1cc(C)c(/C=C(/NC(C)Cc2ccccc2)C(=O)NN)c(C)c1. The molecule has 0 aliphatic rings. The molecule has 2 aromatic rings. The lowest BCUT2D eigenvalue weighted by atomic mass is 9.98. The minimum Gasteiger partial charge on any atom is -0.378 e. The topological polar surface area (TPSA) is 67.2 Å². The molecular formula is C21H27N3O. The maximum atomic E-state index is 12.2. The largest absolute Gasteiger partial charge is 0.378 e. The van der Waals surface area contributed by atoms with Gasteiger partial charge < -0.3 is 5.32 Å². The van der Waals surface area contributed by atoms with Crippen LogP contribution in [0.15, 0.2) is 48.2 Å². The second kappa shape index (κ2) is 8.49. The molecule has 0 saturated carbocycles. The third kappa shape index (κ3) is 5.19. The number of amides is 1. The lowest BCUT2D eigenvalue weighted by Gasteiger charge is -2.18. The number of benzene rings is 2. The van der Waals surface area contributed by atoms with Gasteiger partial charge in [-0.05, 0) is 62.4 Å². The molecule has 1 unspecified atom stereocenters. The van der Waals surface area contributed by atoms with Gasteiger partial charge in [0.2, 0.25) is 0 Å². The van der Waals surface area contributed by atoms with E-state index in [0.717, 1.165) is 23.1 Å². The molecule has 1 atom stereocenters. The fourth-order valence-corrected chi connectivity index (χ4v) is 3.10. The van der Waals surface area contributed by atoms with E-state index in [4.69, 9.17) is 5.84 Å². The third-order valence-corrected chi connectivity index (χ3v) is 4.19. The molecular weight excluding hydrogens is 310 g/mol. The molecule has 0 bridgehead atoms. The van der Waals surface area contributed by atoms with E-state index in [1.54, 1.807) is 0 Å². The van der Waals surface area contributed by atoms with Crippen LogP contribution in [-0.4, -0.2) is 11.9 Å². The second-order valence-electron chi connectivity index (χ2n) is 6.58. The van der Waals surface area contributed by atoms with Gasteiger partial charge >= 0.3 is 0 Å². The van der Waals surface area contributed by atoms with Crippen LogP contribution < -0.4 is 16.6 Å². The quantitative estimate of drug-likeness (QED) is 0.328. The Labute approximate surface area is 150 Å². The van der Waals surface area contributed by atoms with Gasteiger partial charge in [0.25, 0.3) is 5.91 Å². The number of aryl methyl sites for hydroxylation is 3. The maximum Gasteiger partial charge on any atom is 0.281 e. The number of hydrogen-bond acceptors (Lipinski definition) is 3. The third-order valence-electron chi connectivity index (χ3n) is 4.19. The molecule has 0 aliphatic carbocycles. The van der Waals surface area contributed by atoms with Gasteiger partial charge in [-0.2, -0.15) is 0 Å². The van der Waals surface area contributed by atoms with E-state index in [2.05, 4.69) is 62.7 Å². The van der Waals surface area contributed by atoms with Crippen LogP contribution in [-0.2, 0) is 11.2 Å². The van der Waals surface area contributed by atoms with Crippen LogP contribution in [0.2, 0.25) is 0 Å². The lowest BCUT2D eigenvalue weighted by Crippen LogP contribution is -2.39. The van der Waals surface area contributed by atoms with Crippen LogP contribution in [0.25, 0.3) is 6.08 Å². The zero-order valence-corrected chi connectivity index (χ0v) is 15.4. The predicted molar refractivity (Wildman–Crippen MR) is 104 cm³/mol. The maximum absolute atomic E-state index is 12.2. The minimum atomic E-state index is -0.320. The summed E-state index contributed by atoms with van der Waals surface area (Å²) >= 11 is 0. The number of carbonyl (C=O) groups is 1. The fourth-order valence-electron chi connectivity index (χ4n) is 3.10. The Kier molecular flexibility index (Phi) is 6.37. The smallest absolute Gasteiger partial charge is 0.281 e. The van der Waals surface area contributed by atoms with Gasteiger partial charge in [-0.15, -0.1) is 0 Å². The van der Waals surface area contributed by atoms with Crippen molar-refractivity contribution in [3.63, 3.8) is 0 Å². The number of rotatable bonds is 6. The highest BCUT2D eigenvalue weighted by Crippen LogP contribution is 2.19. The standard InChI is InChI=1S/C21H27N3O/c1-14-10-15(2)19(16(3)11-14)13-20(21(25)24-22)23-17(4)12-18-8-6-5-7-9-18/h5-11,13,17,23H,12,22H2,1-4H3,(H,24,25)/b20-13+. The molecule has 0 heterocycles. The van der Waals surface area contributed by atoms with E-state index in [-0.39, 0.29) is 11.9 Å². The first-order chi connectivity index (χ1) is 11.9. The first kappa shape index (κ1) is 18.7.